The smallest absolute Gasteiger partial charge is 0.178 e. The zero-order valence-electron chi connectivity index (χ0n) is 13.4. The number of rotatable bonds is 4. The minimum atomic E-state index is -0.947. The highest BCUT2D eigenvalue weighted by molar-refractivity contribution is 7.99. The van der Waals surface area contributed by atoms with Gasteiger partial charge >= 0.3 is 0 Å². The minimum Gasteiger partial charge on any atom is -0.510 e. The maximum Gasteiger partial charge on any atom is 0.178 e. The van der Waals surface area contributed by atoms with Crippen LogP contribution in [-0.2, 0) is 13.0 Å². The molecule has 1 aliphatic rings. The van der Waals surface area contributed by atoms with Crippen LogP contribution in [0.3, 0.4) is 0 Å². The molecule has 1 N–H and O–H groups in total. The van der Waals surface area contributed by atoms with Gasteiger partial charge in [-0.15, -0.1) is 22.0 Å². The van der Waals surface area contributed by atoms with E-state index in [4.69, 9.17) is 0 Å². The van der Waals surface area contributed by atoms with E-state index in [9.17, 15) is 19.1 Å². The Morgan fingerprint density at radius 1 is 1.24 bits per heavy atom. The number of allylic oxidation sites excluding steroid dienone is 1. The van der Waals surface area contributed by atoms with Gasteiger partial charge in [-0.25, -0.2) is 8.78 Å². The fourth-order valence-electron chi connectivity index (χ4n) is 2.70. The van der Waals surface area contributed by atoms with Gasteiger partial charge in [-0.3, -0.25) is 0 Å². The molecule has 8 heteroatoms. The second-order valence-electron chi connectivity index (χ2n) is 5.70. The monoisotopic (exact) mass is 362 g/mol. The number of aryl methyl sites for hydroxylation is 1. The average Bonchev–Trinajstić information content (AvgIpc) is 2.85. The van der Waals surface area contributed by atoms with Gasteiger partial charge in [-0.1, -0.05) is 6.42 Å². The maximum atomic E-state index is 13.2. The quantitative estimate of drug-likeness (QED) is 0.508. The molecule has 0 saturated heterocycles. The summed E-state index contributed by atoms with van der Waals surface area (Å²) in [5, 5.41) is 28.0. The van der Waals surface area contributed by atoms with Gasteiger partial charge in [0.2, 0.25) is 0 Å². The highest BCUT2D eigenvalue weighted by Crippen LogP contribution is 2.26. The van der Waals surface area contributed by atoms with Crippen molar-refractivity contribution in [1.29, 1.82) is 5.26 Å². The zero-order valence-corrected chi connectivity index (χ0v) is 14.2. The Morgan fingerprint density at radius 3 is 2.84 bits per heavy atom. The standard InChI is InChI=1S/C17H16F2N4OS/c18-13-6-5-11(8-14(13)19)25-10-15(24)12(9-20)17-22-21-16-4-2-1-3-7-23(16)17/h5-6,8,24H,1-4,7,10H2/b15-12-. The SMILES string of the molecule is N#C/C(=C(/O)CSc1ccc(F)c(F)c1)c1nnc2n1CCCCC2. The molecule has 3 rings (SSSR count). The van der Waals surface area contributed by atoms with Crippen molar-refractivity contribution in [3.05, 3.63) is 47.2 Å². The summed E-state index contributed by atoms with van der Waals surface area (Å²) >= 11 is 1.11. The summed E-state index contributed by atoms with van der Waals surface area (Å²) in [6.07, 6.45) is 3.89. The first-order valence-electron chi connectivity index (χ1n) is 7.92. The molecule has 0 fully saturated rings. The molecule has 2 heterocycles. The maximum absolute atomic E-state index is 13.2. The van der Waals surface area contributed by atoms with Gasteiger partial charge < -0.3 is 9.67 Å². The van der Waals surface area contributed by atoms with Gasteiger partial charge in [-0.2, -0.15) is 5.26 Å². The summed E-state index contributed by atoms with van der Waals surface area (Å²) < 4.78 is 28.1. The van der Waals surface area contributed by atoms with Crippen molar-refractivity contribution >= 4 is 17.3 Å². The first kappa shape index (κ1) is 17.4. The van der Waals surface area contributed by atoms with Gasteiger partial charge in [-0.05, 0) is 31.0 Å². The minimum absolute atomic E-state index is 0.0517. The van der Waals surface area contributed by atoms with E-state index in [2.05, 4.69) is 10.2 Å². The molecule has 0 aliphatic carbocycles. The molecular weight excluding hydrogens is 346 g/mol. The molecule has 2 aromatic rings. The number of aromatic nitrogens is 3. The number of aliphatic hydroxyl groups excluding tert-OH is 1. The third kappa shape index (κ3) is 3.82. The van der Waals surface area contributed by atoms with Crippen molar-refractivity contribution in [3.63, 3.8) is 0 Å². The number of thioether (sulfide) groups is 1. The summed E-state index contributed by atoms with van der Waals surface area (Å²) in [5.41, 5.74) is 0.0655. The first-order chi connectivity index (χ1) is 12.1. The lowest BCUT2D eigenvalue weighted by Crippen LogP contribution is -2.07. The van der Waals surface area contributed by atoms with Gasteiger partial charge in [0, 0.05) is 17.9 Å². The van der Waals surface area contributed by atoms with Crippen LogP contribution >= 0.6 is 11.8 Å². The number of nitrogens with zero attached hydrogens (tertiary/aromatic N) is 4. The first-order valence-corrected chi connectivity index (χ1v) is 8.91. The van der Waals surface area contributed by atoms with E-state index >= 15 is 0 Å². The second kappa shape index (κ2) is 7.66. The van der Waals surface area contributed by atoms with Crippen LogP contribution in [0.4, 0.5) is 8.78 Å². The predicted molar refractivity (Wildman–Crippen MR) is 89.8 cm³/mol. The van der Waals surface area contributed by atoms with E-state index in [0.717, 1.165) is 55.4 Å². The molecule has 5 nitrogen and oxygen atoms in total. The van der Waals surface area contributed by atoms with E-state index in [0.29, 0.717) is 17.3 Å². The predicted octanol–water partition coefficient (Wildman–Crippen LogP) is 3.87. The van der Waals surface area contributed by atoms with Crippen LogP contribution < -0.4 is 0 Å². The number of nitriles is 1. The van der Waals surface area contributed by atoms with Crippen LogP contribution in [0.25, 0.3) is 5.57 Å². The van der Waals surface area contributed by atoms with E-state index < -0.39 is 11.6 Å². The molecule has 0 saturated carbocycles. The lowest BCUT2D eigenvalue weighted by atomic mass is 10.2. The number of benzene rings is 1. The molecule has 1 aromatic heterocycles. The third-order valence-electron chi connectivity index (χ3n) is 4.00. The highest BCUT2D eigenvalue weighted by atomic mass is 32.2. The van der Waals surface area contributed by atoms with E-state index in [1.165, 1.54) is 6.07 Å². The van der Waals surface area contributed by atoms with Gasteiger partial charge in [0.25, 0.3) is 0 Å². The van der Waals surface area contributed by atoms with Crippen molar-refractivity contribution in [3.8, 4) is 6.07 Å². The molecule has 0 spiro atoms. The Labute approximate surface area is 148 Å². The molecule has 25 heavy (non-hydrogen) atoms. The van der Waals surface area contributed by atoms with Crippen LogP contribution in [-0.4, -0.2) is 25.6 Å². The molecule has 1 aliphatic heterocycles. The van der Waals surface area contributed by atoms with Crippen LogP contribution in [0.5, 0.6) is 0 Å². The highest BCUT2D eigenvalue weighted by Gasteiger charge is 2.20. The summed E-state index contributed by atoms with van der Waals surface area (Å²) in [7, 11) is 0. The van der Waals surface area contributed by atoms with E-state index in [-0.39, 0.29) is 17.1 Å². The van der Waals surface area contributed by atoms with Crippen LogP contribution in [0.2, 0.25) is 0 Å². The summed E-state index contributed by atoms with van der Waals surface area (Å²) in [6, 6.07) is 5.50. The lowest BCUT2D eigenvalue weighted by molar-refractivity contribution is 0.420. The van der Waals surface area contributed by atoms with Crippen molar-refractivity contribution in [2.24, 2.45) is 0 Å². The normalized spacial score (nSPS) is 15.1. The molecule has 0 radical (unpaired) electrons. The molecule has 0 unspecified atom stereocenters. The Hall–Kier alpha value is -2.40. The molecule has 0 bridgehead atoms. The van der Waals surface area contributed by atoms with Gasteiger partial charge in [0.15, 0.2) is 17.5 Å². The number of halogens is 2. The Balaban J connectivity index is 1.82. The van der Waals surface area contributed by atoms with Crippen molar-refractivity contribution in [2.45, 2.75) is 37.1 Å². The second-order valence-corrected chi connectivity index (χ2v) is 6.75. The Morgan fingerprint density at radius 2 is 2.08 bits per heavy atom. The van der Waals surface area contributed by atoms with Crippen LogP contribution in [0, 0.1) is 23.0 Å². The molecule has 0 atom stereocenters. The third-order valence-corrected chi connectivity index (χ3v) is 5.01. The fourth-order valence-corrected chi connectivity index (χ4v) is 3.50. The lowest BCUT2D eigenvalue weighted by Gasteiger charge is -2.08. The van der Waals surface area contributed by atoms with Crippen molar-refractivity contribution < 1.29 is 13.9 Å². The largest absolute Gasteiger partial charge is 0.510 e. The number of hydrogen-bond acceptors (Lipinski definition) is 5. The van der Waals surface area contributed by atoms with Crippen LogP contribution in [0.15, 0.2) is 28.9 Å². The number of aliphatic hydroxyl groups is 1. The topological polar surface area (TPSA) is 74.7 Å². The van der Waals surface area contributed by atoms with Gasteiger partial charge in [0.1, 0.15) is 23.2 Å². The fraction of sp³-hybridized carbons (Fsp3) is 0.353. The molecule has 0 amide bonds. The molecular formula is C17H16F2N4OS. The summed E-state index contributed by atoms with van der Waals surface area (Å²) in [5.74, 6) is -0.790. The Kier molecular flexibility index (Phi) is 5.34. The van der Waals surface area contributed by atoms with E-state index in [1.807, 2.05) is 10.6 Å². The van der Waals surface area contributed by atoms with Crippen molar-refractivity contribution in [1.82, 2.24) is 14.8 Å². The average molecular weight is 362 g/mol. The summed E-state index contributed by atoms with van der Waals surface area (Å²) in [6.45, 7) is 0.715. The summed E-state index contributed by atoms with van der Waals surface area (Å²) in [4.78, 5) is 0.461. The zero-order chi connectivity index (χ0) is 17.8. The molecule has 1 aromatic carbocycles. The van der Waals surface area contributed by atoms with Crippen molar-refractivity contribution in [2.75, 3.05) is 5.75 Å². The number of fused-ring (bicyclic) bond motifs is 1. The van der Waals surface area contributed by atoms with E-state index in [1.54, 1.807) is 0 Å². The van der Waals surface area contributed by atoms with Crippen LogP contribution in [0.1, 0.15) is 30.9 Å². The molecule has 130 valence electrons. The Bertz CT molecular complexity index is 857. The van der Waals surface area contributed by atoms with Gasteiger partial charge in [0.05, 0.1) is 5.75 Å². The number of hydrogen-bond donors (Lipinski definition) is 1.